The quantitative estimate of drug-likeness (QED) is 0.163. The predicted octanol–water partition coefficient (Wildman–Crippen LogP) is 14.1. The molecular formula is C53H32F6N4. The third kappa shape index (κ3) is 4.18. The van der Waals surface area contributed by atoms with Gasteiger partial charge in [-0.2, -0.15) is 36.9 Å². The summed E-state index contributed by atoms with van der Waals surface area (Å²) in [6, 6.07) is 40.1. The molecule has 2 heterocycles. The monoisotopic (exact) mass is 838 g/mol. The van der Waals surface area contributed by atoms with Crippen molar-refractivity contribution in [2.24, 2.45) is 0 Å². The van der Waals surface area contributed by atoms with Crippen molar-refractivity contribution in [3.05, 3.63) is 166 Å². The molecule has 0 saturated carbocycles. The van der Waals surface area contributed by atoms with E-state index >= 15 is 26.3 Å². The second-order valence-electron chi connectivity index (χ2n) is 18.0. The summed E-state index contributed by atoms with van der Waals surface area (Å²) in [5.41, 5.74) is 0.288. The van der Waals surface area contributed by atoms with E-state index in [4.69, 9.17) is 0 Å². The van der Waals surface area contributed by atoms with Gasteiger partial charge in [-0.25, -0.2) is 0 Å². The Hall–Kier alpha value is -7.30. The Morgan fingerprint density at radius 3 is 1.17 bits per heavy atom. The first kappa shape index (κ1) is 37.5. The van der Waals surface area contributed by atoms with Crippen LogP contribution >= 0.6 is 0 Å². The molecule has 0 fully saturated rings. The average molecular weight is 839 g/mol. The van der Waals surface area contributed by atoms with Crippen LogP contribution in [0.5, 0.6) is 0 Å². The summed E-state index contributed by atoms with van der Waals surface area (Å²) in [6.07, 6.45) is 0. The van der Waals surface area contributed by atoms with Crippen molar-refractivity contribution < 1.29 is 26.3 Å². The van der Waals surface area contributed by atoms with E-state index in [0.717, 1.165) is 44.5 Å². The molecule has 12 rings (SSSR count). The molecule has 306 valence electrons. The summed E-state index contributed by atoms with van der Waals surface area (Å²) in [5, 5.41) is 24.5. The summed E-state index contributed by atoms with van der Waals surface area (Å²) >= 11 is 0. The molecule has 10 heteroatoms. The van der Waals surface area contributed by atoms with Crippen molar-refractivity contribution in [1.82, 2.24) is 9.13 Å². The van der Waals surface area contributed by atoms with E-state index in [1.54, 1.807) is 60.7 Å². The van der Waals surface area contributed by atoms with Crippen LogP contribution in [0.1, 0.15) is 72.2 Å². The van der Waals surface area contributed by atoms with Gasteiger partial charge in [0.1, 0.15) is 12.1 Å². The lowest BCUT2D eigenvalue weighted by atomic mass is 9.82. The molecule has 0 amide bonds. The van der Waals surface area contributed by atoms with Gasteiger partial charge in [-0.3, -0.25) is 0 Å². The lowest BCUT2D eigenvalue weighted by Gasteiger charge is -2.25. The first-order valence-corrected chi connectivity index (χ1v) is 20.5. The zero-order chi connectivity index (χ0) is 43.9. The third-order valence-corrected chi connectivity index (χ3v) is 14.3. The van der Waals surface area contributed by atoms with Crippen LogP contribution in [0.15, 0.2) is 121 Å². The van der Waals surface area contributed by atoms with Crippen molar-refractivity contribution in [3.63, 3.8) is 0 Å². The van der Waals surface area contributed by atoms with Crippen LogP contribution in [0.4, 0.5) is 26.3 Å². The van der Waals surface area contributed by atoms with Gasteiger partial charge >= 0.3 is 17.8 Å². The van der Waals surface area contributed by atoms with Gasteiger partial charge < -0.3 is 9.13 Å². The Labute approximate surface area is 356 Å². The second-order valence-corrected chi connectivity index (χ2v) is 18.0. The molecule has 0 N–H and O–H groups in total. The molecule has 0 unspecified atom stereocenters. The molecule has 3 aliphatic rings. The van der Waals surface area contributed by atoms with Gasteiger partial charge in [0, 0.05) is 32.4 Å². The van der Waals surface area contributed by atoms with Gasteiger partial charge in [0.15, 0.2) is 0 Å². The minimum absolute atomic E-state index is 0.209. The number of halogens is 6. The Morgan fingerprint density at radius 1 is 0.413 bits per heavy atom. The number of nitrogens with zero attached hydrogens (tertiary/aromatic N) is 4. The SMILES string of the molecule is CC1(C)c2ccccc2-c2cc3c4ccccc4n(-c4c(C#N)c(C#N)c(-n5c6ccccc6c6cc7c(cc65)C(C)(C)c5ccccc5-7)c5c4C(F)(F)C(F)(F)C5(F)F)c3cc21. The first-order chi connectivity index (χ1) is 30.0. The van der Waals surface area contributed by atoms with Crippen LogP contribution in [0.25, 0.3) is 77.2 Å². The lowest BCUT2D eigenvalue weighted by Crippen LogP contribution is -2.43. The molecule has 0 spiro atoms. The molecule has 3 aliphatic carbocycles. The van der Waals surface area contributed by atoms with Crippen LogP contribution < -0.4 is 0 Å². The summed E-state index contributed by atoms with van der Waals surface area (Å²) in [7, 11) is 0. The van der Waals surface area contributed by atoms with Crippen molar-refractivity contribution in [2.75, 3.05) is 0 Å². The van der Waals surface area contributed by atoms with Crippen LogP contribution in [0, 0.1) is 22.7 Å². The normalized spacial score (nSPS) is 17.7. The Bertz CT molecular complexity index is 3460. The van der Waals surface area contributed by atoms with Gasteiger partial charge in [0.25, 0.3) is 0 Å². The standard InChI is InChI=1S/C53H32F6N4/c1-49(2)37-17-9-5-13-27(37)31-21-33-29-15-7-11-19-41(29)62(43(33)23-39(31)49)47-35(25-60)36(26-61)48(46-45(47)51(54,55)53(58,59)52(46,56)57)63-42-20-12-8-16-30(42)34-22-32-28-14-6-10-18-38(28)50(3,4)40(32)24-44(34)63/h5-24H,1-4H3. The zero-order valence-electron chi connectivity index (χ0n) is 34.1. The maximum absolute atomic E-state index is 17.2. The van der Waals surface area contributed by atoms with E-state index in [1.165, 1.54) is 9.13 Å². The van der Waals surface area contributed by atoms with Crippen LogP contribution in [0.2, 0.25) is 0 Å². The fraction of sp³-hybridized carbons (Fsp3) is 0.170. The number of hydrogen-bond acceptors (Lipinski definition) is 2. The average Bonchev–Trinajstić information content (AvgIpc) is 3.94. The first-order valence-electron chi connectivity index (χ1n) is 20.5. The summed E-state index contributed by atoms with van der Waals surface area (Å²) in [6.45, 7) is 8.03. The highest BCUT2D eigenvalue weighted by atomic mass is 19.3. The summed E-state index contributed by atoms with van der Waals surface area (Å²) in [5.74, 6) is -17.0. The fourth-order valence-electron chi connectivity index (χ4n) is 11.3. The number of aromatic nitrogens is 2. The van der Waals surface area contributed by atoms with Crippen LogP contribution in [0.3, 0.4) is 0 Å². The maximum atomic E-state index is 17.2. The Balaban J connectivity index is 1.27. The smallest absolute Gasteiger partial charge is 0.307 e. The van der Waals surface area contributed by atoms with Gasteiger partial charge in [-0.15, -0.1) is 0 Å². The second kappa shape index (κ2) is 11.6. The van der Waals surface area contributed by atoms with E-state index < -0.39 is 62.2 Å². The van der Waals surface area contributed by atoms with Crippen molar-refractivity contribution in [3.8, 4) is 45.8 Å². The molecule has 0 radical (unpaired) electrons. The molecule has 0 bridgehead atoms. The molecule has 63 heavy (non-hydrogen) atoms. The predicted molar refractivity (Wildman–Crippen MR) is 232 cm³/mol. The molecule has 2 aromatic heterocycles. The van der Waals surface area contributed by atoms with Crippen molar-refractivity contribution >= 4 is 43.6 Å². The molecule has 9 aromatic rings. The third-order valence-electron chi connectivity index (χ3n) is 14.3. The number of para-hydroxylation sites is 2. The van der Waals surface area contributed by atoms with Gasteiger partial charge in [0.05, 0.1) is 55.7 Å². The van der Waals surface area contributed by atoms with E-state index in [-0.39, 0.29) is 22.1 Å². The molecule has 0 saturated heterocycles. The minimum atomic E-state index is -5.97. The van der Waals surface area contributed by atoms with Crippen LogP contribution in [-0.2, 0) is 22.7 Å². The van der Waals surface area contributed by atoms with Gasteiger partial charge in [0.2, 0.25) is 0 Å². The maximum Gasteiger partial charge on any atom is 0.380 e. The summed E-state index contributed by atoms with van der Waals surface area (Å²) in [4.78, 5) is 0. The highest BCUT2D eigenvalue weighted by Crippen LogP contribution is 2.67. The number of nitriles is 2. The molecular weight excluding hydrogens is 807 g/mol. The number of rotatable bonds is 2. The van der Waals surface area contributed by atoms with E-state index in [1.807, 2.05) is 100 Å². The highest BCUT2D eigenvalue weighted by Gasteiger charge is 2.81. The van der Waals surface area contributed by atoms with Crippen molar-refractivity contribution in [2.45, 2.75) is 56.3 Å². The zero-order valence-corrected chi connectivity index (χ0v) is 34.1. The molecule has 7 aromatic carbocycles. The molecule has 0 atom stereocenters. The van der Waals surface area contributed by atoms with Crippen molar-refractivity contribution in [1.29, 1.82) is 10.5 Å². The topological polar surface area (TPSA) is 57.4 Å². The van der Waals surface area contributed by atoms with E-state index in [2.05, 4.69) is 0 Å². The van der Waals surface area contributed by atoms with Gasteiger partial charge in [-0.1, -0.05) is 113 Å². The van der Waals surface area contributed by atoms with Crippen LogP contribution in [-0.4, -0.2) is 15.1 Å². The number of benzene rings is 7. The number of hydrogen-bond donors (Lipinski definition) is 0. The van der Waals surface area contributed by atoms with E-state index in [0.29, 0.717) is 21.5 Å². The number of fused-ring (bicyclic) bond motifs is 13. The fourth-order valence-corrected chi connectivity index (χ4v) is 11.3. The Kier molecular flexibility index (Phi) is 6.89. The largest absolute Gasteiger partial charge is 0.380 e. The van der Waals surface area contributed by atoms with Gasteiger partial charge in [-0.05, 0) is 80.9 Å². The molecule has 0 aliphatic heterocycles. The van der Waals surface area contributed by atoms with E-state index in [9.17, 15) is 10.5 Å². The Morgan fingerprint density at radius 2 is 0.778 bits per heavy atom. The highest BCUT2D eigenvalue weighted by molar-refractivity contribution is 6.14. The molecule has 4 nitrogen and oxygen atoms in total. The number of alkyl halides is 6. The lowest BCUT2D eigenvalue weighted by molar-refractivity contribution is -0.302. The summed E-state index contributed by atoms with van der Waals surface area (Å²) < 4.78 is 104. The minimum Gasteiger partial charge on any atom is -0.307 e.